The van der Waals surface area contributed by atoms with Gasteiger partial charge in [0.25, 0.3) is 0 Å². The van der Waals surface area contributed by atoms with Crippen molar-refractivity contribution in [3.63, 3.8) is 0 Å². The Morgan fingerprint density at radius 2 is 2.06 bits per heavy atom. The SMILES string of the molecule is CSc1ccc(-c2noc(C3(CN)CC3)n2)cc1. The van der Waals surface area contributed by atoms with Crippen molar-refractivity contribution >= 4 is 11.8 Å². The molecule has 3 rings (SSSR count). The first kappa shape index (κ1) is 11.7. The Hall–Kier alpha value is -1.33. The molecule has 0 atom stereocenters. The highest BCUT2D eigenvalue weighted by atomic mass is 32.2. The second-order valence-electron chi connectivity index (χ2n) is 4.64. The Bertz CT molecular complexity index is 546. The third-order valence-corrected chi connectivity index (χ3v) is 4.22. The van der Waals surface area contributed by atoms with Crippen LogP contribution in [0.15, 0.2) is 33.7 Å². The van der Waals surface area contributed by atoms with E-state index in [4.69, 9.17) is 10.3 Å². The molecule has 18 heavy (non-hydrogen) atoms. The average Bonchev–Trinajstić information content (AvgIpc) is 3.08. The van der Waals surface area contributed by atoms with E-state index in [9.17, 15) is 0 Å². The van der Waals surface area contributed by atoms with Crippen LogP contribution in [0.2, 0.25) is 0 Å². The summed E-state index contributed by atoms with van der Waals surface area (Å²) >= 11 is 1.71. The highest BCUT2D eigenvalue weighted by Gasteiger charge is 2.48. The van der Waals surface area contributed by atoms with E-state index >= 15 is 0 Å². The lowest BCUT2D eigenvalue weighted by molar-refractivity contribution is 0.347. The lowest BCUT2D eigenvalue weighted by Gasteiger charge is -2.03. The summed E-state index contributed by atoms with van der Waals surface area (Å²) in [5, 5.41) is 4.05. The lowest BCUT2D eigenvalue weighted by atomic mass is 10.1. The molecule has 2 aromatic rings. The van der Waals surface area contributed by atoms with Crippen LogP contribution in [0, 0.1) is 0 Å². The van der Waals surface area contributed by atoms with Gasteiger partial charge in [0, 0.05) is 17.0 Å². The summed E-state index contributed by atoms with van der Waals surface area (Å²) in [5.74, 6) is 1.34. The van der Waals surface area contributed by atoms with Crippen LogP contribution >= 0.6 is 11.8 Å². The Morgan fingerprint density at radius 1 is 1.33 bits per heavy atom. The quantitative estimate of drug-likeness (QED) is 0.856. The molecule has 94 valence electrons. The average molecular weight is 261 g/mol. The van der Waals surface area contributed by atoms with E-state index in [-0.39, 0.29) is 5.41 Å². The van der Waals surface area contributed by atoms with Gasteiger partial charge < -0.3 is 10.3 Å². The Balaban J connectivity index is 1.88. The molecule has 0 radical (unpaired) electrons. The van der Waals surface area contributed by atoms with Gasteiger partial charge in [-0.3, -0.25) is 0 Å². The monoisotopic (exact) mass is 261 g/mol. The van der Waals surface area contributed by atoms with Gasteiger partial charge in [-0.2, -0.15) is 4.98 Å². The Kier molecular flexibility index (Phi) is 2.87. The summed E-state index contributed by atoms with van der Waals surface area (Å²) in [6.45, 7) is 0.583. The Morgan fingerprint density at radius 3 is 2.61 bits per heavy atom. The van der Waals surface area contributed by atoms with Gasteiger partial charge in [-0.15, -0.1) is 11.8 Å². The lowest BCUT2D eigenvalue weighted by Crippen LogP contribution is -2.19. The number of aromatic nitrogens is 2. The van der Waals surface area contributed by atoms with E-state index in [0.717, 1.165) is 18.4 Å². The molecule has 0 spiro atoms. The van der Waals surface area contributed by atoms with Crippen LogP contribution in [0.1, 0.15) is 18.7 Å². The number of hydrogen-bond donors (Lipinski definition) is 1. The van der Waals surface area contributed by atoms with Crippen molar-refractivity contribution in [2.75, 3.05) is 12.8 Å². The fourth-order valence-corrected chi connectivity index (χ4v) is 2.36. The van der Waals surface area contributed by atoms with Gasteiger partial charge in [-0.1, -0.05) is 5.16 Å². The molecule has 0 unspecified atom stereocenters. The van der Waals surface area contributed by atoms with Crippen molar-refractivity contribution in [3.05, 3.63) is 30.2 Å². The molecule has 1 aliphatic carbocycles. The minimum Gasteiger partial charge on any atom is -0.338 e. The Labute approximate surface area is 110 Å². The van der Waals surface area contributed by atoms with E-state index in [2.05, 4.69) is 28.5 Å². The molecule has 0 bridgehead atoms. The molecular weight excluding hydrogens is 246 g/mol. The minimum absolute atomic E-state index is 0.0372. The van der Waals surface area contributed by atoms with Crippen LogP contribution in [0.25, 0.3) is 11.4 Å². The van der Waals surface area contributed by atoms with Gasteiger partial charge in [-0.25, -0.2) is 0 Å². The first-order chi connectivity index (χ1) is 8.77. The first-order valence-corrected chi connectivity index (χ1v) is 7.18. The van der Waals surface area contributed by atoms with Crippen molar-refractivity contribution in [3.8, 4) is 11.4 Å². The van der Waals surface area contributed by atoms with Crippen molar-refractivity contribution in [2.45, 2.75) is 23.2 Å². The summed E-state index contributed by atoms with van der Waals surface area (Å²) in [7, 11) is 0. The highest BCUT2D eigenvalue weighted by molar-refractivity contribution is 7.98. The first-order valence-electron chi connectivity index (χ1n) is 5.96. The molecule has 1 aromatic heterocycles. The summed E-state index contributed by atoms with van der Waals surface area (Å²) in [6, 6.07) is 8.16. The zero-order valence-corrected chi connectivity index (χ0v) is 11.0. The van der Waals surface area contributed by atoms with Crippen molar-refractivity contribution in [1.29, 1.82) is 0 Å². The van der Waals surface area contributed by atoms with E-state index < -0.39 is 0 Å². The smallest absolute Gasteiger partial charge is 0.234 e. The molecule has 1 heterocycles. The number of hydrogen-bond acceptors (Lipinski definition) is 5. The standard InChI is InChI=1S/C13H15N3OS/c1-18-10-4-2-9(3-5-10)11-15-12(17-16-11)13(8-14)6-7-13/h2-5H,6-8,14H2,1H3. The maximum Gasteiger partial charge on any atom is 0.234 e. The molecule has 0 aliphatic heterocycles. The van der Waals surface area contributed by atoms with Crippen molar-refractivity contribution in [1.82, 2.24) is 10.1 Å². The zero-order chi connectivity index (χ0) is 12.6. The molecule has 4 nitrogen and oxygen atoms in total. The third kappa shape index (κ3) is 1.93. The number of benzene rings is 1. The highest BCUT2D eigenvalue weighted by Crippen LogP contribution is 2.46. The number of rotatable bonds is 4. The molecule has 1 aromatic carbocycles. The van der Waals surface area contributed by atoms with Gasteiger partial charge in [0.15, 0.2) is 0 Å². The fourth-order valence-electron chi connectivity index (χ4n) is 1.95. The maximum atomic E-state index is 5.76. The molecule has 2 N–H and O–H groups in total. The van der Waals surface area contributed by atoms with E-state index in [1.165, 1.54) is 4.90 Å². The maximum absolute atomic E-state index is 5.76. The molecule has 0 amide bonds. The molecular formula is C13H15N3OS. The van der Waals surface area contributed by atoms with Crippen molar-refractivity contribution < 1.29 is 4.52 Å². The zero-order valence-electron chi connectivity index (χ0n) is 10.2. The van der Waals surface area contributed by atoms with E-state index in [1.54, 1.807) is 11.8 Å². The number of thioether (sulfide) groups is 1. The van der Waals surface area contributed by atoms with Crippen LogP contribution in [0.4, 0.5) is 0 Å². The fraction of sp³-hybridized carbons (Fsp3) is 0.385. The molecule has 0 saturated heterocycles. The topological polar surface area (TPSA) is 64.9 Å². The second-order valence-corrected chi connectivity index (χ2v) is 5.52. The molecule has 1 fully saturated rings. The largest absolute Gasteiger partial charge is 0.338 e. The predicted molar refractivity (Wildman–Crippen MR) is 71.5 cm³/mol. The number of nitrogens with two attached hydrogens (primary N) is 1. The summed E-state index contributed by atoms with van der Waals surface area (Å²) in [5.41, 5.74) is 6.70. The van der Waals surface area contributed by atoms with Gasteiger partial charge >= 0.3 is 0 Å². The summed E-state index contributed by atoms with van der Waals surface area (Å²) < 4.78 is 5.35. The minimum atomic E-state index is -0.0372. The normalized spacial score (nSPS) is 16.8. The molecule has 5 heteroatoms. The third-order valence-electron chi connectivity index (χ3n) is 3.47. The van der Waals surface area contributed by atoms with Crippen LogP contribution in [-0.2, 0) is 5.41 Å². The van der Waals surface area contributed by atoms with Crippen LogP contribution < -0.4 is 5.73 Å². The molecule has 1 aliphatic rings. The second kappa shape index (κ2) is 4.40. The number of nitrogens with zero attached hydrogens (tertiary/aromatic N) is 2. The van der Waals surface area contributed by atoms with Crippen LogP contribution in [0.5, 0.6) is 0 Å². The molecule has 1 saturated carbocycles. The van der Waals surface area contributed by atoms with Gasteiger partial charge in [0.1, 0.15) is 0 Å². The van der Waals surface area contributed by atoms with Crippen molar-refractivity contribution in [2.24, 2.45) is 5.73 Å². The van der Waals surface area contributed by atoms with Crippen LogP contribution in [0.3, 0.4) is 0 Å². The summed E-state index contributed by atoms with van der Waals surface area (Å²) in [6.07, 6.45) is 4.16. The summed E-state index contributed by atoms with van der Waals surface area (Å²) in [4.78, 5) is 5.70. The van der Waals surface area contributed by atoms with Crippen LogP contribution in [-0.4, -0.2) is 22.9 Å². The van der Waals surface area contributed by atoms with Gasteiger partial charge in [-0.05, 0) is 43.4 Å². The van der Waals surface area contributed by atoms with E-state index in [1.807, 2.05) is 12.1 Å². The van der Waals surface area contributed by atoms with Gasteiger partial charge in [0.2, 0.25) is 11.7 Å². The predicted octanol–water partition coefficient (Wildman–Crippen LogP) is 2.45. The van der Waals surface area contributed by atoms with Gasteiger partial charge in [0.05, 0.1) is 5.41 Å². The van der Waals surface area contributed by atoms with E-state index in [0.29, 0.717) is 18.3 Å².